The van der Waals surface area contributed by atoms with E-state index in [0.29, 0.717) is 37.0 Å². The molecule has 1 aromatic carbocycles. The van der Waals surface area contributed by atoms with Crippen LogP contribution in [0.3, 0.4) is 0 Å². The molecule has 2 aromatic heterocycles. The summed E-state index contributed by atoms with van der Waals surface area (Å²) in [6.07, 6.45) is 5.62. The third-order valence-corrected chi connectivity index (χ3v) is 5.89. The van der Waals surface area contributed by atoms with E-state index in [2.05, 4.69) is 10.3 Å². The standard InChI is InChI=1S/C24H24FN5O2/c25-18-3-1-4-19(13-18)27-22-14-20(16-6-9-26-10-7-16)28-23(29-22)17-8-11-30(15-17)24(31)21-5-2-12-32-21/h1,3-4,6-7,9-10,13-14,17,21H,2,5,8,11-12,15H2,(H,27,28,29)/t17-,21+/m1/s1. The van der Waals surface area contributed by atoms with Crippen molar-refractivity contribution >= 4 is 17.4 Å². The summed E-state index contributed by atoms with van der Waals surface area (Å²) in [5.41, 5.74) is 2.27. The van der Waals surface area contributed by atoms with Crippen molar-refractivity contribution in [2.75, 3.05) is 25.0 Å². The van der Waals surface area contributed by atoms with Crippen molar-refractivity contribution in [1.29, 1.82) is 0 Å². The fourth-order valence-electron chi connectivity index (χ4n) is 4.24. The molecular formula is C24H24FN5O2. The molecule has 0 unspecified atom stereocenters. The van der Waals surface area contributed by atoms with Crippen LogP contribution in [0.2, 0.25) is 0 Å². The second-order valence-electron chi connectivity index (χ2n) is 8.14. The molecule has 4 heterocycles. The summed E-state index contributed by atoms with van der Waals surface area (Å²) in [5.74, 6) is 1.01. The Kier molecular flexibility index (Phi) is 5.77. The van der Waals surface area contributed by atoms with Gasteiger partial charge in [-0.3, -0.25) is 9.78 Å². The predicted molar refractivity (Wildman–Crippen MR) is 118 cm³/mol. The molecule has 7 nitrogen and oxygen atoms in total. The normalized spacial score (nSPS) is 20.5. The fourth-order valence-corrected chi connectivity index (χ4v) is 4.24. The van der Waals surface area contributed by atoms with Crippen LogP contribution in [0.5, 0.6) is 0 Å². The number of hydrogen-bond donors (Lipinski definition) is 1. The van der Waals surface area contributed by atoms with E-state index in [1.54, 1.807) is 24.5 Å². The highest BCUT2D eigenvalue weighted by molar-refractivity contribution is 5.81. The zero-order valence-corrected chi connectivity index (χ0v) is 17.6. The Hall–Kier alpha value is -3.39. The van der Waals surface area contributed by atoms with E-state index in [1.165, 1.54) is 12.1 Å². The van der Waals surface area contributed by atoms with Gasteiger partial charge in [0, 0.05) is 55.3 Å². The Balaban J connectivity index is 1.42. The van der Waals surface area contributed by atoms with Gasteiger partial charge in [-0.15, -0.1) is 0 Å². The molecule has 3 aromatic rings. The van der Waals surface area contributed by atoms with Gasteiger partial charge in [-0.05, 0) is 49.6 Å². The average Bonchev–Trinajstić information content (AvgIpc) is 3.52. The highest BCUT2D eigenvalue weighted by atomic mass is 19.1. The van der Waals surface area contributed by atoms with Crippen molar-refractivity contribution in [3.8, 4) is 11.3 Å². The number of ether oxygens (including phenoxy) is 1. The van der Waals surface area contributed by atoms with E-state index >= 15 is 0 Å². The molecule has 164 valence electrons. The van der Waals surface area contributed by atoms with Crippen LogP contribution in [0, 0.1) is 5.82 Å². The third kappa shape index (κ3) is 4.45. The van der Waals surface area contributed by atoms with Crippen LogP contribution in [-0.2, 0) is 9.53 Å². The molecule has 8 heteroatoms. The lowest BCUT2D eigenvalue weighted by atomic mass is 10.1. The van der Waals surface area contributed by atoms with E-state index in [1.807, 2.05) is 23.1 Å². The van der Waals surface area contributed by atoms with E-state index < -0.39 is 0 Å². The minimum atomic E-state index is -0.322. The highest BCUT2D eigenvalue weighted by Gasteiger charge is 2.34. The number of benzene rings is 1. The molecule has 0 spiro atoms. The number of anilines is 2. The van der Waals surface area contributed by atoms with Gasteiger partial charge < -0.3 is 15.0 Å². The van der Waals surface area contributed by atoms with Crippen molar-refractivity contribution in [3.05, 3.63) is 66.5 Å². The van der Waals surface area contributed by atoms with Crippen LogP contribution in [0.4, 0.5) is 15.9 Å². The third-order valence-electron chi connectivity index (χ3n) is 5.89. The molecule has 2 aliphatic rings. The molecule has 5 rings (SSSR count). The van der Waals surface area contributed by atoms with Crippen LogP contribution >= 0.6 is 0 Å². The SMILES string of the molecule is O=C([C@@H]1CCCO1)N1CC[C@@H](c2nc(Nc3cccc(F)c3)cc(-c3ccncc3)n2)C1. The first-order chi connectivity index (χ1) is 15.7. The molecule has 0 radical (unpaired) electrons. The molecule has 32 heavy (non-hydrogen) atoms. The van der Waals surface area contributed by atoms with Crippen molar-refractivity contribution in [2.24, 2.45) is 0 Å². The Morgan fingerprint density at radius 2 is 2.00 bits per heavy atom. The van der Waals surface area contributed by atoms with Crippen LogP contribution in [0.15, 0.2) is 54.9 Å². The number of carbonyl (C=O) groups is 1. The van der Waals surface area contributed by atoms with Crippen molar-refractivity contribution in [3.63, 3.8) is 0 Å². The summed E-state index contributed by atoms with van der Waals surface area (Å²) in [5, 5.41) is 3.19. The smallest absolute Gasteiger partial charge is 0.251 e. The number of pyridine rings is 1. The molecule has 2 fully saturated rings. The molecule has 1 amide bonds. The quantitative estimate of drug-likeness (QED) is 0.657. The maximum absolute atomic E-state index is 13.7. The van der Waals surface area contributed by atoms with Gasteiger partial charge in [0.1, 0.15) is 23.6 Å². The topological polar surface area (TPSA) is 80.2 Å². The largest absolute Gasteiger partial charge is 0.368 e. The van der Waals surface area contributed by atoms with Crippen molar-refractivity contribution in [2.45, 2.75) is 31.3 Å². The van der Waals surface area contributed by atoms with Crippen LogP contribution in [0.25, 0.3) is 11.3 Å². The number of likely N-dealkylation sites (tertiary alicyclic amines) is 1. The number of rotatable bonds is 5. The fraction of sp³-hybridized carbons (Fsp3) is 0.333. The minimum absolute atomic E-state index is 0.0233. The zero-order valence-electron chi connectivity index (χ0n) is 17.6. The Morgan fingerprint density at radius 3 is 2.78 bits per heavy atom. The lowest BCUT2D eigenvalue weighted by molar-refractivity contribution is -0.139. The number of nitrogens with one attached hydrogen (secondary N) is 1. The molecule has 2 aliphatic heterocycles. The van der Waals surface area contributed by atoms with Gasteiger partial charge in [-0.25, -0.2) is 14.4 Å². The van der Waals surface area contributed by atoms with Gasteiger partial charge in [0.25, 0.3) is 5.91 Å². The summed E-state index contributed by atoms with van der Waals surface area (Å²) in [6, 6.07) is 11.9. The monoisotopic (exact) mass is 433 g/mol. The van der Waals surface area contributed by atoms with E-state index in [9.17, 15) is 9.18 Å². The first kappa shape index (κ1) is 20.5. The second-order valence-corrected chi connectivity index (χ2v) is 8.14. The Morgan fingerprint density at radius 1 is 1.12 bits per heavy atom. The maximum Gasteiger partial charge on any atom is 0.251 e. The van der Waals surface area contributed by atoms with Gasteiger partial charge in [-0.2, -0.15) is 0 Å². The maximum atomic E-state index is 13.7. The molecular weight excluding hydrogens is 409 g/mol. The first-order valence-electron chi connectivity index (χ1n) is 10.9. The lowest BCUT2D eigenvalue weighted by Crippen LogP contribution is -2.37. The highest BCUT2D eigenvalue weighted by Crippen LogP contribution is 2.30. The van der Waals surface area contributed by atoms with Gasteiger partial charge in [-0.1, -0.05) is 6.07 Å². The lowest BCUT2D eigenvalue weighted by Gasteiger charge is -2.20. The van der Waals surface area contributed by atoms with E-state index in [0.717, 1.165) is 30.5 Å². The molecule has 0 aliphatic carbocycles. The van der Waals surface area contributed by atoms with Gasteiger partial charge in [0.05, 0.1) is 5.69 Å². The molecule has 2 atom stereocenters. The van der Waals surface area contributed by atoms with Gasteiger partial charge in [0.15, 0.2) is 0 Å². The number of nitrogens with zero attached hydrogens (tertiary/aromatic N) is 4. The van der Waals surface area contributed by atoms with E-state index in [-0.39, 0.29) is 23.7 Å². The first-order valence-corrected chi connectivity index (χ1v) is 10.9. The predicted octanol–water partition coefficient (Wildman–Crippen LogP) is 3.92. The van der Waals surface area contributed by atoms with Crippen molar-refractivity contribution < 1.29 is 13.9 Å². The van der Waals surface area contributed by atoms with Crippen molar-refractivity contribution in [1.82, 2.24) is 19.9 Å². The van der Waals surface area contributed by atoms with Crippen LogP contribution < -0.4 is 5.32 Å². The number of aromatic nitrogens is 3. The molecule has 1 N–H and O–H groups in total. The number of halogens is 1. The summed E-state index contributed by atoms with van der Waals surface area (Å²) < 4.78 is 19.2. The number of hydrogen-bond acceptors (Lipinski definition) is 6. The van der Waals surface area contributed by atoms with E-state index in [4.69, 9.17) is 14.7 Å². The van der Waals surface area contributed by atoms with Crippen LogP contribution in [-0.4, -0.2) is 51.6 Å². The Bertz CT molecular complexity index is 1100. The summed E-state index contributed by atoms with van der Waals surface area (Å²) in [7, 11) is 0. The number of amides is 1. The number of carbonyl (C=O) groups excluding carboxylic acids is 1. The van der Waals surface area contributed by atoms with Gasteiger partial charge in [0.2, 0.25) is 0 Å². The summed E-state index contributed by atoms with van der Waals surface area (Å²) >= 11 is 0. The van der Waals surface area contributed by atoms with Crippen LogP contribution in [0.1, 0.15) is 31.0 Å². The zero-order chi connectivity index (χ0) is 21.9. The molecule has 2 saturated heterocycles. The minimum Gasteiger partial charge on any atom is -0.368 e. The Labute approximate surface area is 185 Å². The summed E-state index contributed by atoms with van der Waals surface area (Å²) in [6.45, 7) is 1.89. The summed E-state index contributed by atoms with van der Waals surface area (Å²) in [4.78, 5) is 28.2. The molecule has 0 saturated carbocycles. The van der Waals surface area contributed by atoms with Gasteiger partial charge >= 0.3 is 0 Å². The average molecular weight is 433 g/mol. The molecule has 0 bridgehead atoms. The second kappa shape index (κ2) is 9.00.